The highest BCUT2D eigenvalue weighted by atomic mass is 14.9. The van der Waals surface area contributed by atoms with Crippen LogP contribution in [0.15, 0.2) is 12.2 Å². The van der Waals surface area contributed by atoms with Crippen LogP contribution in [0.4, 0.5) is 0 Å². The lowest BCUT2D eigenvalue weighted by Gasteiger charge is -2.08. The van der Waals surface area contributed by atoms with Crippen LogP contribution < -0.4 is 5.32 Å². The molecule has 1 atom stereocenters. The molecule has 1 fully saturated rings. The van der Waals surface area contributed by atoms with Gasteiger partial charge in [0.2, 0.25) is 0 Å². The van der Waals surface area contributed by atoms with E-state index in [2.05, 4.69) is 18.8 Å². The maximum atomic E-state index is 3.90. The highest BCUT2D eigenvalue weighted by molar-refractivity contribution is 4.88. The summed E-state index contributed by atoms with van der Waals surface area (Å²) in [5.74, 6) is 0. The number of nitrogens with one attached hydrogen (secondary N) is 1. The molecular weight excluding hydrogens is 134 g/mol. The summed E-state index contributed by atoms with van der Waals surface area (Å²) < 4.78 is 0. The van der Waals surface area contributed by atoms with Crippen LogP contribution in [-0.4, -0.2) is 12.6 Å². The van der Waals surface area contributed by atoms with Gasteiger partial charge >= 0.3 is 0 Å². The smallest absolute Gasteiger partial charge is 0.00676 e. The molecule has 0 aromatic rings. The van der Waals surface area contributed by atoms with E-state index in [0.717, 1.165) is 6.04 Å². The molecule has 0 saturated carbocycles. The Bertz CT molecular complexity index is 123. The molecule has 0 aromatic carbocycles. The predicted molar refractivity (Wildman–Crippen MR) is 49.7 cm³/mol. The Morgan fingerprint density at radius 3 is 3.00 bits per heavy atom. The number of allylic oxidation sites excluding steroid dienone is 1. The molecule has 1 heterocycles. The minimum atomic E-state index is 0.814. The average Bonchev–Trinajstić information content (AvgIpc) is 2.39. The van der Waals surface area contributed by atoms with Gasteiger partial charge in [0.05, 0.1) is 0 Å². The Labute approximate surface area is 69.9 Å². The maximum absolute atomic E-state index is 3.90. The Morgan fingerprint density at radius 1 is 1.64 bits per heavy atom. The molecule has 0 aromatic heterocycles. The second kappa shape index (κ2) is 4.55. The highest BCUT2D eigenvalue weighted by Gasteiger charge is 2.12. The number of hydrogen-bond donors (Lipinski definition) is 1. The van der Waals surface area contributed by atoms with Gasteiger partial charge in [-0.25, -0.2) is 0 Å². The number of rotatable bonds is 4. The quantitative estimate of drug-likeness (QED) is 0.612. The van der Waals surface area contributed by atoms with Crippen LogP contribution in [0.3, 0.4) is 0 Å². The van der Waals surface area contributed by atoms with Gasteiger partial charge in [0, 0.05) is 6.04 Å². The normalized spacial score (nSPS) is 23.9. The van der Waals surface area contributed by atoms with Crippen molar-refractivity contribution >= 4 is 0 Å². The van der Waals surface area contributed by atoms with Crippen molar-refractivity contribution in [3.63, 3.8) is 0 Å². The molecule has 0 spiro atoms. The molecule has 0 amide bonds. The maximum Gasteiger partial charge on any atom is 0.00676 e. The first kappa shape index (κ1) is 8.79. The SMILES string of the molecule is C=C(C)CCCC1CCCN1. The zero-order valence-corrected chi connectivity index (χ0v) is 7.53. The van der Waals surface area contributed by atoms with Crippen molar-refractivity contribution in [1.82, 2.24) is 5.32 Å². The van der Waals surface area contributed by atoms with Crippen molar-refractivity contribution < 1.29 is 0 Å². The molecule has 11 heavy (non-hydrogen) atoms. The fraction of sp³-hybridized carbons (Fsp3) is 0.800. The first-order valence-electron chi connectivity index (χ1n) is 4.67. The molecule has 1 N–H and O–H groups in total. The third kappa shape index (κ3) is 3.57. The summed E-state index contributed by atoms with van der Waals surface area (Å²) in [6.45, 7) is 7.25. The summed E-state index contributed by atoms with van der Waals surface area (Å²) in [5, 5.41) is 3.50. The second-order valence-corrected chi connectivity index (χ2v) is 3.64. The lowest BCUT2D eigenvalue weighted by Crippen LogP contribution is -2.20. The third-order valence-corrected chi connectivity index (χ3v) is 2.32. The molecule has 1 aliphatic rings. The third-order valence-electron chi connectivity index (χ3n) is 2.32. The van der Waals surface area contributed by atoms with Gasteiger partial charge in [-0.1, -0.05) is 5.57 Å². The van der Waals surface area contributed by atoms with Crippen molar-refractivity contribution in [2.45, 2.75) is 45.1 Å². The van der Waals surface area contributed by atoms with E-state index in [0.29, 0.717) is 0 Å². The van der Waals surface area contributed by atoms with Crippen molar-refractivity contribution in [3.8, 4) is 0 Å². The average molecular weight is 153 g/mol. The molecule has 1 aliphatic heterocycles. The van der Waals surface area contributed by atoms with E-state index >= 15 is 0 Å². The lowest BCUT2D eigenvalue weighted by molar-refractivity contribution is 0.535. The highest BCUT2D eigenvalue weighted by Crippen LogP contribution is 2.13. The van der Waals surface area contributed by atoms with Gasteiger partial charge < -0.3 is 5.32 Å². The molecule has 1 heteroatoms. The fourth-order valence-electron chi connectivity index (χ4n) is 1.65. The number of hydrogen-bond acceptors (Lipinski definition) is 1. The standard InChI is InChI=1S/C10H19N/c1-9(2)5-3-6-10-7-4-8-11-10/h10-11H,1,3-8H2,2H3. The first-order valence-corrected chi connectivity index (χ1v) is 4.67. The van der Waals surface area contributed by atoms with E-state index in [1.54, 1.807) is 0 Å². The first-order chi connectivity index (χ1) is 5.29. The molecule has 1 nitrogen and oxygen atoms in total. The Balaban J connectivity index is 1.98. The van der Waals surface area contributed by atoms with Crippen molar-refractivity contribution in [1.29, 1.82) is 0 Å². The van der Waals surface area contributed by atoms with Crippen molar-refractivity contribution in [2.24, 2.45) is 0 Å². The van der Waals surface area contributed by atoms with Gasteiger partial charge in [0.15, 0.2) is 0 Å². The van der Waals surface area contributed by atoms with Crippen LogP contribution >= 0.6 is 0 Å². The van der Waals surface area contributed by atoms with Gasteiger partial charge in [-0.15, -0.1) is 6.58 Å². The largest absolute Gasteiger partial charge is 0.314 e. The molecular formula is C10H19N. The van der Waals surface area contributed by atoms with E-state index in [1.165, 1.54) is 44.2 Å². The summed E-state index contributed by atoms with van der Waals surface area (Å²) >= 11 is 0. The summed E-state index contributed by atoms with van der Waals surface area (Å²) in [4.78, 5) is 0. The summed E-state index contributed by atoms with van der Waals surface area (Å²) in [6, 6.07) is 0.814. The molecule has 0 bridgehead atoms. The monoisotopic (exact) mass is 153 g/mol. The van der Waals surface area contributed by atoms with Gasteiger partial charge in [0.1, 0.15) is 0 Å². The predicted octanol–water partition coefficient (Wildman–Crippen LogP) is 2.48. The minimum absolute atomic E-state index is 0.814. The van der Waals surface area contributed by atoms with Gasteiger partial charge in [-0.3, -0.25) is 0 Å². The van der Waals surface area contributed by atoms with Crippen LogP contribution in [0.2, 0.25) is 0 Å². The topological polar surface area (TPSA) is 12.0 Å². The Hall–Kier alpha value is -0.300. The minimum Gasteiger partial charge on any atom is -0.314 e. The van der Waals surface area contributed by atoms with Crippen molar-refractivity contribution in [3.05, 3.63) is 12.2 Å². The van der Waals surface area contributed by atoms with Gasteiger partial charge in [0.25, 0.3) is 0 Å². The fourth-order valence-corrected chi connectivity index (χ4v) is 1.65. The summed E-state index contributed by atoms with van der Waals surface area (Å²) in [6.07, 6.45) is 6.62. The van der Waals surface area contributed by atoms with Crippen LogP contribution in [0, 0.1) is 0 Å². The molecule has 64 valence electrons. The molecule has 1 saturated heterocycles. The van der Waals surface area contributed by atoms with Gasteiger partial charge in [-0.05, 0) is 45.6 Å². The van der Waals surface area contributed by atoms with E-state index in [1.807, 2.05) is 0 Å². The molecule has 1 rings (SSSR count). The van der Waals surface area contributed by atoms with Crippen molar-refractivity contribution in [2.75, 3.05) is 6.54 Å². The summed E-state index contributed by atoms with van der Waals surface area (Å²) in [5.41, 5.74) is 1.32. The zero-order valence-electron chi connectivity index (χ0n) is 7.53. The zero-order chi connectivity index (χ0) is 8.10. The van der Waals surface area contributed by atoms with Crippen LogP contribution in [-0.2, 0) is 0 Å². The van der Waals surface area contributed by atoms with Crippen LogP contribution in [0.25, 0.3) is 0 Å². The summed E-state index contributed by atoms with van der Waals surface area (Å²) in [7, 11) is 0. The van der Waals surface area contributed by atoms with E-state index in [9.17, 15) is 0 Å². The van der Waals surface area contributed by atoms with E-state index in [4.69, 9.17) is 0 Å². The van der Waals surface area contributed by atoms with E-state index < -0.39 is 0 Å². The van der Waals surface area contributed by atoms with E-state index in [-0.39, 0.29) is 0 Å². The molecule has 0 aliphatic carbocycles. The van der Waals surface area contributed by atoms with Crippen LogP contribution in [0.5, 0.6) is 0 Å². The Morgan fingerprint density at radius 2 is 2.45 bits per heavy atom. The molecule has 0 radical (unpaired) electrons. The molecule has 1 unspecified atom stereocenters. The Kier molecular flexibility index (Phi) is 3.64. The second-order valence-electron chi connectivity index (χ2n) is 3.64. The van der Waals surface area contributed by atoms with Gasteiger partial charge in [-0.2, -0.15) is 0 Å². The lowest BCUT2D eigenvalue weighted by atomic mass is 10.1. The van der Waals surface area contributed by atoms with Crippen LogP contribution in [0.1, 0.15) is 39.0 Å².